The van der Waals surface area contributed by atoms with E-state index in [1.54, 1.807) is 0 Å². The van der Waals surface area contributed by atoms with E-state index in [9.17, 15) is 30.7 Å². The first-order valence-corrected chi connectivity index (χ1v) is 4.59. The zero-order chi connectivity index (χ0) is 12.3. The molecule has 15 heavy (non-hydrogen) atoms. The van der Waals surface area contributed by atoms with Crippen molar-refractivity contribution in [3.05, 3.63) is 18.4 Å². The molecule has 0 saturated carbocycles. The highest BCUT2D eigenvalue weighted by Gasteiger charge is 2.71. The van der Waals surface area contributed by atoms with E-state index in [1.165, 1.54) is 0 Å². The van der Waals surface area contributed by atoms with Crippen molar-refractivity contribution in [2.75, 3.05) is 5.75 Å². The normalized spacial score (nSPS) is 14.9. The Kier molecular flexibility index (Phi) is 4.50. The van der Waals surface area contributed by atoms with Crippen LogP contribution in [0.2, 0.25) is 0 Å². The second-order valence-electron chi connectivity index (χ2n) is 2.47. The van der Waals surface area contributed by atoms with Crippen molar-refractivity contribution in [2.24, 2.45) is 0 Å². The van der Waals surface area contributed by atoms with Crippen molar-refractivity contribution in [2.45, 2.75) is 18.0 Å². The first-order valence-electron chi connectivity index (χ1n) is 3.43. The molecule has 0 aliphatic carbocycles. The molecule has 0 heterocycles. The molecule has 0 aliphatic rings. The Morgan fingerprint density at radius 3 is 1.80 bits per heavy atom. The van der Waals surface area contributed by atoms with Gasteiger partial charge in [0.25, 0.3) is 0 Å². The smallest absolute Gasteiger partial charge is 0.195 e. The zero-order valence-electron chi connectivity index (χ0n) is 7.12. The van der Waals surface area contributed by atoms with Gasteiger partial charge in [-0.05, 0) is 6.08 Å². The van der Waals surface area contributed by atoms with Crippen LogP contribution in [-0.4, -0.2) is 23.8 Å². The van der Waals surface area contributed by atoms with Gasteiger partial charge in [0.1, 0.15) is 0 Å². The van der Waals surface area contributed by atoms with Crippen LogP contribution < -0.4 is 0 Å². The van der Waals surface area contributed by atoms with E-state index < -0.39 is 24.1 Å². The van der Waals surface area contributed by atoms with Crippen molar-refractivity contribution in [1.82, 2.24) is 0 Å². The van der Waals surface area contributed by atoms with Crippen molar-refractivity contribution in [3.8, 4) is 0 Å². The van der Waals surface area contributed by atoms with Crippen molar-refractivity contribution in [1.29, 1.82) is 0 Å². The molecule has 89 valence electrons. The Labute approximate surface area is 85.5 Å². The van der Waals surface area contributed by atoms with Gasteiger partial charge in [0.2, 0.25) is 0 Å². The van der Waals surface area contributed by atoms with Crippen molar-refractivity contribution < 1.29 is 30.7 Å². The molecule has 0 bridgehead atoms. The lowest BCUT2D eigenvalue weighted by atomic mass is 10.1. The number of rotatable bonds is 4. The summed E-state index contributed by atoms with van der Waals surface area (Å²) in [5.74, 6) is -11.5. The predicted molar refractivity (Wildman–Crippen MR) is 42.9 cm³/mol. The molecule has 0 N–H and O–H groups in total. The maximum absolute atomic E-state index is 12.4. The van der Waals surface area contributed by atoms with Crippen LogP contribution in [-0.2, 0) is 0 Å². The minimum absolute atomic E-state index is 0.177. The molecule has 8 heteroatoms. The molecule has 0 fully saturated rings. The fourth-order valence-corrected chi connectivity index (χ4v) is 0.790. The van der Waals surface area contributed by atoms with E-state index in [0.29, 0.717) is 6.08 Å². The van der Waals surface area contributed by atoms with E-state index in [2.05, 4.69) is 6.26 Å². The Hall–Kier alpha value is -0.400. The summed E-state index contributed by atoms with van der Waals surface area (Å²) in [6, 6.07) is 0. The maximum atomic E-state index is 12.4. The summed E-state index contributed by atoms with van der Waals surface area (Å²) in [6.45, 7) is 0. The minimum atomic E-state index is -6.28. The van der Waals surface area contributed by atoms with Crippen LogP contribution in [0, 0.1) is 6.26 Å². The fourth-order valence-electron chi connectivity index (χ4n) is 0.558. The zero-order valence-corrected chi connectivity index (χ0v) is 7.94. The number of hydrogen-bond donors (Lipinski definition) is 0. The molecule has 0 aromatic rings. The van der Waals surface area contributed by atoms with E-state index in [1.807, 2.05) is 0 Å². The van der Waals surface area contributed by atoms with Crippen LogP contribution in [0.4, 0.5) is 30.7 Å². The fraction of sp³-hybridized carbons (Fsp3) is 0.571. The molecule has 0 atom stereocenters. The van der Waals surface area contributed by atoms with E-state index in [4.69, 9.17) is 0 Å². The van der Waals surface area contributed by atoms with Gasteiger partial charge in [-0.2, -0.15) is 42.5 Å². The van der Waals surface area contributed by atoms with Crippen LogP contribution in [0.5, 0.6) is 0 Å². The molecule has 0 aromatic heterocycles. The van der Waals surface area contributed by atoms with Gasteiger partial charge in [0, 0.05) is 12.0 Å². The number of thioether (sulfide) groups is 1. The lowest BCUT2D eigenvalue weighted by Crippen LogP contribution is -2.50. The number of hydrogen-bond acceptors (Lipinski definition) is 1. The summed E-state index contributed by atoms with van der Waals surface area (Å²) in [5, 5.41) is 0. The second kappa shape index (κ2) is 4.63. The van der Waals surface area contributed by atoms with Crippen LogP contribution >= 0.6 is 11.8 Å². The van der Waals surface area contributed by atoms with E-state index in [0.717, 1.165) is 11.8 Å². The van der Waals surface area contributed by atoms with Gasteiger partial charge in [0.05, 0.1) is 0 Å². The third-order valence-electron chi connectivity index (χ3n) is 1.32. The molecular formula is C7H6F7S. The Morgan fingerprint density at radius 2 is 1.47 bits per heavy atom. The molecular weight excluding hydrogens is 249 g/mol. The summed E-state index contributed by atoms with van der Waals surface area (Å²) < 4.78 is 83.9. The largest absolute Gasteiger partial charge is 0.460 e. The lowest BCUT2D eigenvalue weighted by molar-refractivity contribution is -0.341. The van der Waals surface area contributed by atoms with Crippen molar-refractivity contribution in [3.63, 3.8) is 0 Å². The SMILES string of the molecule is [CH2]SCC=CC(F)(F)C(F)(F)C(F)(F)F. The monoisotopic (exact) mass is 255 g/mol. The van der Waals surface area contributed by atoms with Gasteiger partial charge in [-0.3, -0.25) is 0 Å². The van der Waals surface area contributed by atoms with E-state index >= 15 is 0 Å². The van der Waals surface area contributed by atoms with Gasteiger partial charge < -0.3 is 0 Å². The van der Waals surface area contributed by atoms with Crippen LogP contribution in [0.1, 0.15) is 0 Å². The quantitative estimate of drug-likeness (QED) is 0.542. The third kappa shape index (κ3) is 3.29. The highest BCUT2D eigenvalue weighted by atomic mass is 32.2. The average Bonchev–Trinajstić information content (AvgIpc) is 2.02. The Bertz CT molecular complexity index is 230. The molecule has 0 amide bonds. The summed E-state index contributed by atoms with van der Waals surface area (Å²) in [7, 11) is 0. The molecule has 0 rings (SSSR count). The molecule has 0 aliphatic heterocycles. The van der Waals surface area contributed by atoms with Gasteiger partial charge in [-0.25, -0.2) is 0 Å². The van der Waals surface area contributed by atoms with Gasteiger partial charge >= 0.3 is 18.0 Å². The first kappa shape index (κ1) is 14.6. The average molecular weight is 255 g/mol. The van der Waals surface area contributed by atoms with Gasteiger partial charge in [0.15, 0.2) is 0 Å². The highest BCUT2D eigenvalue weighted by molar-refractivity contribution is 8.00. The van der Waals surface area contributed by atoms with Crippen LogP contribution in [0.25, 0.3) is 0 Å². The summed E-state index contributed by atoms with van der Waals surface area (Å²) in [4.78, 5) is 0. The lowest BCUT2D eigenvalue weighted by Gasteiger charge is -2.25. The highest BCUT2D eigenvalue weighted by Crippen LogP contribution is 2.47. The van der Waals surface area contributed by atoms with Gasteiger partial charge in [-0.15, -0.1) is 0 Å². The number of alkyl halides is 7. The summed E-state index contributed by atoms with van der Waals surface area (Å²) in [5.41, 5.74) is 0. The minimum Gasteiger partial charge on any atom is -0.195 e. The van der Waals surface area contributed by atoms with Crippen LogP contribution in [0.3, 0.4) is 0 Å². The molecule has 0 aromatic carbocycles. The predicted octanol–water partition coefficient (Wildman–Crippen LogP) is 3.90. The molecule has 0 saturated heterocycles. The molecule has 0 spiro atoms. The molecule has 0 nitrogen and oxygen atoms in total. The molecule has 1 radical (unpaired) electrons. The molecule has 0 unspecified atom stereocenters. The second-order valence-corrected chi connectivity index (χ2v) is 3.21. The first-order chi connectivity index (χ1) is 6.56. The van der Waals surface area contributed by atoms with E-state index in [-0.39, 0.29) is 5.75 Å². The summed E-state index contributed by atoms with van der Waals surface area (Å²) in [6.07, 6.45) is -3.10. The standard InChI is InChI=1S/C7H6F7S/c1-15-4-2-3-5(8,9)6(10,11)7(12,13)14/h2-3H,1,4H2. The Morgan fingerprint density at radius 1 is 1.00 bits per heavy atom. The summed E-state index contributed by atoms with van der Waals surface area (Å²) >= 11 is 0.764. The van der Waals surface area contributed by atoms with Gasteiger partial charge in [-0.1, -0.05) is 6.08 Å². The Balaban J connectivity index is 4.85. The number of halogens is 7. The topological polar surface area (TPSA) is 0 Å². The van der Waals surface area contributed by atoms with Crippen LogP contribution in [0.15, 0.2) is 12.2 Å². The number of allylic oxidation sites excluding steroid dienone is 1. The maximum Gasteiger partial charge on any atom is 0.460 e. The third-order valence-corrected chi connectivity index (χ3v) is 1.74. The van der Waals surface area contributed by atoms with Crippen molar-refractivity contribution >= 4 is 11.8 Å².